The molecular weight excluding hydrogens is 1060 g/mol. The molecule has 0 aliphatic carbocycles. The largest absolute Gasteiger partial charge is 0.457 e. The summed E-state index contributed by atoms with van der Waals surface area (Å²) < 4.78 is 9.47. The Bertz CT molecular complexity index is 4450. The van der Waals surface area contributed by atoms with Crippen molar-refractivity contribution in [3.8, 4) is 50.7 Å². The summed E-state index contributed by atoms with van der Waals surface area (Å²) in [5.41, 5.74) is 16.0. The van der Waals surface area contributed by atoms with Gasteiger partial charge in [-0.25, -0.2) is 4.98 Å². The summed E-state index contributed by atoms with van der Waals surface area (Å²) >= 11 is 0. The molecule has 0 bridgehead atoms. The van der Waals surface area contributed by atoms with E-state index in [9.17, 15) is 0 Å². The zero-order valence-electron chi connectivity index (χ0n) is 49.6. The van der Waals surface area contributed by atoms with Crippen molar-refractivity contribution in [2.24, 2.45) is 0 Å². The van der Waals surface area contributed by atoms with Crippen molar-refractivity contribution in [2.45, 2.75) is 52.4 Å². The number of ether oxygens (including phenoxy) is 1. The lowest BCUT2D eigenvalue weighted by Gasteiger charge is -2.34. The Morgan fingerprint density at radius 2 is 0.895 bits per heavy atom. The molecule has 0 fully saturated rings. The fourth-order valence-corrected chi connectivity index (χ4v) is 17.9. The highest BCUT2D eigenvalue weighted by atomic mass is 28.3. The second-order valence-electron chi connectivity index (χ2n) is 24.8. The predicted octanol–water partition coefficient (Wildman–Crippen LogP) is 18.2. The third-order valence-corrected chi connectivity index (χ3v) is 22.1. The van der Waals surface area contributed by atoms with Crippen molar-refractivity contribution in [1.82, 2.24) is 9.55 Å². The highest BCUT2D eigenvalue weighted by Crippen LogP contribution is 2.54. The van der Waals surface area contributed by atoms with Crippen LogP contribution in [-0.2, 0) is 10.8 Å². The van der Waals surface area contributed by atoms with Gasteiger partial charge >= 0.3 is 0 Å². The lowest BCUT2D eigenvalue weighted by molar-refractivity contribution is 0.483. The van der Waals surface area contributed by atoms with Gasteiger partial charge in [-0.15, -0.1) is 0 Å². The van der Waals surface area contributed by atoms with Gasteiger partial charge in [0.05, 0.1) is 28.1 Å². The molecule has 0 N–H and O–H groups in total. The molecular formula is C80H68N4OSi. The van der Waals surface area contributed by atoms with Crippen LogP contribution in [0.4, 0.5) is 22.7 Å². The Morgan fingerprint density at radius 1 is 0.372 bits per heavy atom. The molecule has 11 aromatic carbocycles. The molecule has 1 aliphatic heterocycles. The second-order valence-corrected chi connectivity index (χ2v) is 28.6. The smallest absolute Gasteiger partial charge is 0.179 e. The minimum atomic E-state index is -2.86. The van der Waals surface area contributed by atoms with Crippen molar-refractivity contribution in [1.29, 1.82) is 0 Å². The number of hydrogen-bond donors (Lipinski definition) is 0. The Hall–Kier alpha value is -10.0. The van der Waals surface area contributed by atoms with E-state index in [2.05, 4.69) is 341 Å². The van der Waals surface area contributed by atoms with E-state index >= 15 is 0 Å². The van der Waals surface area contributed by atoms with Crippen molar-refractivity contribution < 1.29 is 4.74 Å². The lowest BCUT2D eigenvalue weighted by atomic mass is 9.85. The first-order valence-corrected chi connectivity index (χ1v) is 31.9. The van der Waals surface area contributed by atoms with Crippen LogP contribution in [0.25, 0.3) is 61.0 Å². The molecule has 86 heavy (non-hydrogen) atoms. The first-order valence-electron chi connectivity index (χ1n) is 29.9. The van der Waals surface area contributed by atoms with Crippen LogP contribution in [0.3, 0.4) is 0 Å². The molecule has 0 saturated heterocycles. The average molecular weight is 1130 g/mol. The first-order chi connectivity index (χ1) is 41.9. The number of nitrogens with zero attached hydrogens (tertiary/aromatic N) is 4. The molecule has 14 rings (SSSR count). The third kappa shape index (κ3) is 9.66. The van der Waals surface area contributed by atoms with Gasteiger partial charge in [0.25, 0.3) is 0 Å². The number of rotatable bonds is 12. The summed E-state index contributed by atoms with van der Waals surface area (Å²) in [7, 11) is -2.86. The van der Waals surface area contributed by atoms with Gasteiger partial charge in [-0.2, -0.15) is 0 Å². The maximum Gasteiger partial charge on any atom is 0.179 e. The average Bonchev–Trinajstić information content (AvgIpc) is 1.65. The van der Waals surface area contributed by atoms with Crippen molar-refractivity contribution in [3.05, 3.63) is 302 Å². The molecule has 0 radical (unpaired) electrons. The standard InChI is InChI=1S/C80H68N4OSi/c1-79(2,3)59-31-22-30-58(50-59)70-42-25-43-74-78(70)83(77-68(56-26-12-7-13-27-56)40-24-41-69(77)57-28-14-8-15-29-57)55-82(74)61-32-23-33-62(52-61)85-63-44-46-71-72-54-67(45-47-73(72)84(75(71)53-63)76-51-60(48-49-81-76)80(4,5)6)86(64-34-16-9-17-35-64,65-36-18-10-19-37-65)66-38-20-11-21-39-66/h7-54H,55H2,1-6H3. The monoisotopic (exact) mass is 1130 g/mol. The van der Waals surface area contributed by atoms with Crippen LogP contribution < -0.4 is 35.3 Å². The van der Waals surface area contributed by atoms with Crippen molar-refractivity contribution in [2.75, 3.05) is 16.5 Å². The van der Waals surface area contributed by atoms with E-state index in [4.69, 9.17) is 9.72 Å². The SMILES string of the molecule is CC(C)(C)c1cccc(-c2cccc3c2N(c2c(-c4ccccc4)cccc2-c2ccccc2)CN3c2cccc(Oc3ccc4c5cc([Si](c6ccccc6)(c6ccccc6)c6ccccc6)ccc5n(-c5cc(C(C)(C)C)ccn5)c4c3)c2)c1. The van der Waals surface area contributed by atoms with Gasteiger partial charge in [0.15, 0.2) is 8.07 Å². The van der Waals surface area contributed by atoms with Gasteiger partial charge in [-0.05, 0) is 108 Å². The topological polar surface area (TPSA) is 33.5 Å². The zero-order chi connectivity index (χ0) is 58.6. The van der Waals surface area contributed by atoms with E-state index < -0.39 is 8.07 Å². The number of pyridine rings is 1. The van der Waals surface area contributed by atoms with Crippen LogP contribution >= 0.6 is 0 Å². The zero-order valence-corrected chi connectivity index (χ0v) is 50.6. The van der Waals surface area contributed by atoms with Gasteiger partial charge in [0.1, 0.15) is 24.0 Å². The molecule has 3 heterocycles. The fourth-order valence-electron chi connectivity index (χ4n) is 13.1. The first kappa shape index (κ1) is 54.0. The summed E-state index contributed by atoms with van der Waals surface area (Å²) in [4.78, 5) is 10.1. The molecule has 0 amide bonds. The molecule has 1 aliphatic rings. The van der Waals surface area contributed by atoms with Crippen molar-refractivity contribution in [3.63, 3.8) is 0 Å². The van der Waals surface area contributed by atoms with Gasteiger partial charge in [0.2, 0.25) is 0 Å². The molecule has 0 saturated carbocycles. The van der Waals surface area contributed by atoms with E-state index in [1.807, 2.05) is 6.20 Å². The van der Waals surface area contributed by atoms with Crippen LogP contribution in [0.2, 0.25) is 0 Å². The molecule has 2 aromatic heterocycles. The minimum Gasteiger partial charge on any atom is -0.457 e. The van der Waals surface area contributed by atoms with Gasteiger partial charge in [-0.3, -0.25) is 4.57 Å². The van der Waals surface area contributed by atoms with E-state index in [-0.39, 0.29) is 10.8 Å². The maximum atomic E-state index is 7.13. The number of fused-ring (bicyclic) bond motifs is 4. The molecule has 6 heteroatoms. The Morgan fingerprint density at radius 3 is 1.50 bits per heavy atom. The summed E-state index contributed by atoms with van der Waals surface area (Å²) in [5.74, 6) is 2.35. The minimum absolute atomic E-state index is 0.0264. The third-order valence-electron chi connectivity index (χ3n) is 17.4. The van der Waals surface area contributed by atoms with Gasteiger partial charge in [-0.1, -0.05) is 266 Å². The summed E-state index contributed by atoms with van der Waals surface area (Å²) in [6.07, 6.45) is 1.96. The number of anilines is 4. The quantitative estimate of drug-likeness (QED) is 0.0902. The maximum absolute atomic E-state index is 7.13. The fraction of sp³-hybridized carbons (Fsp3) is 0.113. The van der Waals surface area contributed by atoms with Crippen LogP contribution in [0.1, 0.15) is 52.7 Å². The predicted molar refractivity (Wildman–Crippen MR) is 364 cm³/mol. The highest BCUT2D eigenvalue weighted by molar-refractivity contribution is 7.20. The molecule has 0 spiro atoms. The van der Waals surface area contributed by atoms with E-state index in [1.54, 1.807) is 0 Å². The van der Waals surface area contributed by atoms with E-state index in [0.717, 1.165) is 56.5 Å². The molecule has 13 aromatic rings. The molecule has 5 nitrogen and oxygen atoms in total. The Labute approximate surface area is 506 Å². The highest BCUT2D eigenvalue weighted by Gasteiger charge is 2.42. The summed E-state index contributed by atoms with van der Waals surface area (Å²) in [6.45, 7) is 14.2. The number of aromatic nitrogens is 2. The normalized spacial score (nSPS) is 12.7. The molecule has 418 valence electrons. The van der Waals surface area contributed by atoms with Crippen LogP contribution in [0, 0.1) is 0 Å². The van der Waals surface area contributed by atoms with Crippen LogP contribution in [-0.4, -0.2) is 24.3 Å². The van der Waals surface area contributed by atoms with Crippen molar-refractivity contribution >= 4 is 73.4 Å². The molecule has 0 atom stereocenters. The number of benzene rings is 11. The number of para-hydroxylation sites is 2. The van der Waals surface area contributed by atoms with E-state index in [1.165, 1.54) is 70.6 Å². The van der Waals surface area contributed by atoms with Crippen LogP contribution in [0.5, 0.6) is 11.5 Å². The van der Waals surface area contributed by atoms with Gasteiger partial charge < -0.3 is 14.5 Å². The van der Waals surface area contributed by atoms with E-state index in [0.29, 0.717) is 6.67 Å². The number of hydrogen-bond acceptors (Lipinski definition) is 4. The van der Waals surface area contributed by atoms with Crippen LogP contribution in [0.15, 0.2) is 291 Å². The Balaban J connectivity index is 0.915. The molecule has 0 unspecified atom stereocenters. The summed E-state index contributed by atoms with van der Waals surface area (Å²) in [5, 5.41) is 7.62. The Kier molecular flexibility index (Phi) is 13.7. The lowest BCUT2D eigenvalue weighted by Crippen LogP contribution is -2.74. The van der Waals surface area contributed by atoms with Gasteiger partial charge in [0, 0.05) is 51.5 Å². The second kappa shape index (κ2) is 21.9. The summed E-state index contributed by atoms with van der Waals surface area (Å²) in [6, 6.07) is 105.